The van der Waals surface area contributed by atoms with Crippen molar-refractivity contribution in [2.75, 3.05) is 11.9 Å². The molecule has 24 heavy (non-hydrogen) atoms. The number of carbonyl (C=O) groups is 2. The molecule has 0 heterocycles. The fourth-order valence-electron chi connectivity index (χ4n) is 2.12. The van der Waals surface area contributed by atoms with Gasteiger partial charge in [-0.05, 0) is 48.7 Å². The summed E-state index contributed by atoms with van der Waals surface area (Å²) in [5.41, 5.74) is 3.04. The number of rotatable bonds is 4. The molecule has 0 fully saturated rings. The first-order chi connectivity index (χ1) is 11.4. The largest absolute Gasteiger partial charge is 0.387 e. The van der Waals surface area contributed by atoms with Crippen LogP contribution in [0.5, 0.6) is 0 Å². The Balaban J connectivity index is 1.90. The standard InChI is InChI=1S/C18H19ClN2O3/c1-11-3-4-12(2)15(9-11)21-18(24)17(23)20-10-16(22)13-5-7-14(19)8-6-13/h3-9,16,22H,10H2,1-2H3,(H,20,23)(H,21,24). The maximum atomic E-state index is 11.9. The zero-order valence-electron chi connectivity index (χ0n) is 13.5. The van der Waals surface area contributed by atoms with Crippen LogP contribution in [0.3, 0.4) is 0 Å². The van der Waals surface area contributed by atoms with Crippen molar-refractivity contribution in [1.29, 1.82) is 0 Å². The second kappa shape index (κ2) is 7.95. The van der Waals surface area contributed by atoms with Gasteiger partial charge in [0.05, 0.1) is 6.10 Å². The van der Waals surface area contributed by atoms with Crippen LogP contribution in [-0.4, -0.2) is 23.5 Å². The number of aliphatic hydroxyl groups is 1. The Morgan fingerprint density at radius 1 is 1.08 bits per heavy atom. The van der Waals surface area contributed by atoms with E-state index in [1.54, 1.807) is 30.3 Å². The first kappa shape index (κ1) is 18.0. The molecule has 5 nitrogen and oxygen atoms in total. The Morgan fingerprint density at radius 3 is 2.42 bits per heavy atom. The van der Waals surface area contributed by atoms with Gasteiger partial charge in [0.25, 0.3) is 0 Å². The highest BCUT2D eigenvalue weighted by Crippen LogP contribution is 2.17. The summed E-state index contributed by atoms with van der Waals surface area (Å²) in [6, 6.07) is 12.2. The summed E-state index contributed by atoms with van der Waals surface area (Å²) in [5.74, 6) is -1.57. The maximum Gasteiger partial charge on any atom is 0.313 e. The van der Waals surface area contributed by atoms with E-state index in [-0.39, 0.29) is 6.54 Å². The monoisotopic (exact) mass is 346 g/mol. The minimum Gasteiger partial charge on any atom is -0.387 e. The highest BCUT2D eigenvalue weighted by Gasteiger charge is 2.16. The molecule has 2 rings (SSSR count). The van der Waals surface area contributed by atoms with Gasteiger partial charge in [-0.3, -0.25) is 9.59 Å². The van der Waals surface area contributed by atoms with Crippen LogP contribution in [0.4, 0.5) is 5.69 Å². The van der Waals surface area contributed by atoms with Gasteiger partial charge in [0, 0.05) is 17.3 Å². The molecule has 0 radical (unpaired) electrons. The number of aryl methyl sites for hydroxylation is 2. The van der Waals surface area contributed by atoms with Crippen molar-refractivity contribution in [2.45, 2.75) is 20.0 Å². The molecule has 126 valence electrons. The molecule has 1 unspecified atom stereocenters. The highest BCUT2D eigenvalue weighted by atomic mass is 35.5. The molecule has 0 spiro atoms. The minimum absolute atomic E-state index is 0.0688. The number of aliphatic hydroxyl groups excluding tert-OH is 1. The second-order valence-electron chi connectivity index (χ2n) is 5.55. The van der Waals surface area contributed by atoms with Gasteiger partial charge in [-0.25, -0.2) is 0 Å². The van der Waals surface area contributed by atoms with Gasteiger partial charge in [0.1, 0.15) is 0 Å². The predicted octanol–water partition coefficient (Wildman–Crippen LogP) is 2.75. The molecule has 0 saturated heterocycles. The van der Waals surface area contributed by atoms with Gasteiger partial charge >= 0.3 is 11.8 Å². The van der Waals surface area contributed by atoms with Gasteiger partial charge in [-0.1, -0.05) is 35.9 Å². The summed E-state index contributed by atoms with van der Waals surface area (Å²) in [4.78, 5) is 23.8. The molecule has 3 N–H and O–H groups in total. The molecule has 2 aromatic rings. The number of hydrogen-bond donors (Lipinski definition) is 3. The Kier molecular flexibility index (Phi) is 5.95. The predicted molar refractivity (Wildman–Crippen MR) is 94.0 cm³/mol. The van der Waals surface area contributed by atoms with Crippen LogP contribution >= 0.6 is 11.6 Å². The third-order valence-electron chi connectivity index (χ3n) is 3.56. The molecule has 2 amide bonds. The van der Waals surface area contributed by atoms with E-state index in [9.17, 15) is 14.7 Å². The van der Waals surface area contributed by atoms with Crippen LogP contribution in [0.2, 0.25) is 5.02 Å². The summed E-state index contributed by atoms with van der Waals surface area (Å²) in [6.45, 7) is 3.68. The SMILES string of the molecule is Cc1ccc(C)c(NC(=O)C(=O)NCC(O)c2ccc(Cl)cc2)c1. The lowest BCUT2D eigenvalue weighted by molar-refractivity contribution is -0.136. The molecule has 0 aliphatic heterocycles. The van der Waals surface area contributed by atoms with Crippen LogP contribution in [0, 0.1) is 13.8 Å². The Labute approximate surface area is 145 Å². The lowest BCUT2D eigenvalue weighted by Crippen LogP contribution is -2.37. The number of halogens is 1. The van der Waals surface area contributed by atoms with Gasteiger partial charge in [-0.15, -0.1) is 0 Å². The maximum absolute atomic E-state index is 11.9. The first-order valence-corrected chi connectivity index (χ1v) is 7.84. The molecule has 2 aromatic carbocycles. The van der Waals surface area contributed by atoms with Gasteiger partial charge in [-0.2, -0.15) is 0 Å². The van der Waals surface area contributed by atoms with Crippen LogP contribution < -0.4 is 10.6 Å². The molecular formula is C18H19ClN2O3. The average molecular weight is 347 g/mol. The van der Waals surface area contributed by atoms with E-state index in [1.807, 2.05) is 26.0 Å². The van der Waals surface area contributed by atoms with Crippen LogP contribution in [0.25, 0.3) is 0 Å². The zero-order valence-corrected chi connectivity index (χ0v) is 14.2. The molecule has 0 aromatic heterocycles. The zero-order chi connectivity index (χ0) is 17.7. The van der Waals surface area contributed by atoms with Crippen molar-refractivity contribution < 1.29 is 14.7 Å². The molecule has 0 saturated carbocycles. The third-order valence-corrected chi connectivity index (χ3v) is 3.81. The van der Waals surface area contributed by atoms with Crippen molar-refractivity contribution in [1.82, 2.24) is 5.32 Å². The number of carbonyl (C=O) groups excluding carboxylic acids is 2. The van der Waals surface area contributed by atoms with E-state index in [4.69, 9.17) is 11.6 Å². The van der Waals surface area contributed by atoms with Crippen molar-refractivity contribution in [3.8, 4) is 0 Å². The molecular weight excluding hydrogens is 328 g/mol. The van der Waals surface area contributed by atoms with Crippen LogP contribution in [-0.2, 0) is 9.59 Å². The normalized spacial score (nSPS) is 11.7. The van der Waals surface area contributed by atoms with Gasteiger partial charge in [0.15, 0.2) is 0 Å². The summed E-state index contributed by atoms with van der Waals surface area (Å²) < 4.78 is 0. The Hall–Kier alpha value is -2.37. The van der Waals surface area contributed by atoms with Crippen LogP contribution in [0.15, 0.2) is 42.5 Å². The topological polar surface area (TPSA) is 78.4 Å². The van der Waals surface area contributed by atoms with Gasteiger partial charge < -0.3 is 15.7 Å². The molecule has 1 atom stereocenters. The van der Waals surface area contributed by atoms with Crippen LogP contribution in [0.1, 0.15) is 22.8 Å². The number of benzene rings is 2. The van der Waals surface area contributed by atoms with Crippen molar-refractivity contribution in [2.24, 2.45) is 0 Å². The molecule has 0 aliphatic carbocycles. The number of amides is 2. The summed E-state index contributed by atoms with van der Waals surface area (Å²) in [7, 11) is 0. The molecule has 0 bridgehead atoms. The van der Waals surface area contributed by atoms with E-state index in [0.717, 1.165) is 11.1 Å². The van der Waals surface area contributed by atoms with E-state index in [0.29, 0.717) is 16.3 Å². The van der Waals surface area contributed by atoms with E-state index in [1.165, 1.54) is 0 Å². The summed E-state index contributed by atoms with van der Waals surface area (Å²) in [6.07, 6.45) is -0.917. The highest BCUT2D eigenvalue weighted by molar-refractivity contribution is 6.39. The fourth-order valence-corrected chi connectivity index (χ4v) is 2.25. The molecule has 6 heteroatoms. The minimum atomic E-state index is -0.917. The van der Waals surface area contributed by atoms with E-state index in [2.05, 4.69) is 10.6 Å². The number of hydrogen-bond acceptors (Lipinski definition) is 3. The lowest BCUT2D eigenvalue weighted by Gasteiger charge is -2.13. The number of nitrogens with one attached hydrogen (secondary N) is 2. The Bertz CT molecular complexity index is 744. The third kappa shape index (κ3) is 4.81. The van der Waals surface area contributed by atoms with Crippen molar-refractivity contribution in [3.05, 3.63) is 64.2 Å². The first-order valence-electron chi connectivity index (χ1n) is 7.47. The summed E-state index contributed by atoms with van der Waals surface area (Å²) >= 11 is 5.78. The Morgan fingerprint density at radius 2 is 1.75 bits per heavy atom. The lowest BCUT2D eigenvalue weighted by atomic mass is 10.1. The van der Waals surface area contributed by atoms with E-state index < -0.39 is 17.9 Å². The van der Waals surface area contributed by atoms with E-state index >= 15 is 0 Å². The number of anilines is 1. The van der Waals surface area contributed by atoms with Crippen molar-refractivity contribution >= 4 is 29.1 Å². The summed E-state index contributed by atoms with van der Waals surface area (Å²) in [5, 5.41) is 15.6. The van der Waals surface area contributed by atoms with Gasteiger partial charge in [0.2, 0.25) is 0 Å². The second-order valence-corrected chi connectivity index (χ2v) is 5.99. The fraction of sp³-hybridized carbons (Fsp3) is 0.222. The van der Waals surface area contributed by atoms with Crippen molar-refractivity contribution in [3.63, 3.8) is 0 Å². The quantitative estimate of drug-likeness (QED) is 0.745. The smallest absolute Gasteiger partial charge is 0.313 e. The molecule has 0 aliphatic rings. The average Bonchev–Trinajstić information content (AvgIpc) is 2.56.